The Bertz CT molecular complexity index is 497. The molecule has 0 amide bonds. The molecule has 7 heteroatoms. The number of methoxy groups -OCH3 is 1. The van der Waals surface area contributed by atoms with Gasteiger partial charge < -0.3 is 10.1 Å². The van der Waals surface area contributed by atoms with Crippen molar-refractivity contribution in [3.63, 3.8) is 0 Å². The van der Waals surface area contributed by atoms with E-state index in [-0.39, 0.29) is 0 Å². The molecule has 18 heavy (non-hydrogen) atoms. The number of hydrogen-bond acceptors (Lipinski definition) is 7. The summed E-state index contributed by atoms with van der Waals surface area (Å²) in [6, 6.07) is 0.413. The quantitative estimate of drug-likeness (QED) is 0.883. The number of rotatable bonds is 6. The van der Waals surface area contributed by atoms with Crippen LogP contribution in [0, 0.1) is 0 Å². The van der Waals surface area contributed by atoms with Crippen LogP contribution in [0.25, 0.3) is 9.88 Å². The van der Waals surface area contributed by atoms with Gasteiger partial charge in [-0.1, -0.05) is 18.3 Å². The van der Waals surface area contributed by atoms with Crippen LogP contribution in [0.5, 0.6) is 0 Å². The lowest BCUT2D eigenvalue weighted by molar-refractivity contribution is 0.184. The maximum atomic E-state index is 5.05. The summed E-state index contributed by atoms with van der Waals surface area (Å²) in [7, 11) is 1.67. The van der Waals surface area contributed by atoms with Crippen molar-refractivity contribution < 1.29 is 4.74 Å². The zero-order chi connectivity index (χ0) is 13.0. The molecule has 0 fully saturated rings. The fourth-order valence-electron chi connectivity index (χ4n) is 1.29. The summed E-state index contributed by atoms with van der Waals surface area (Å²) in [6.07, 6.45) is 2.89. The van der Waals surface area contributed by atoms with Gasteiger partial charge in [-0.05, 0) is 13.3 Å². The Morgan fingerprint density at radius 3 is 2.94 bits per heavy atom. The SMILES string of the molecule is CCC(C)Nc1nnc(-c2cnc(COC)s2)s1. The fraction of sp³-hybridized carbons (Fsp3) is 0.545. The Balaban J connectivity index is 2.08. The molecule has 1 atom stereocenters. The Hall–Kier alpha value is -1.05. The second-order valence-electron chi connectivity index (χ2n) is 3.92. The predicted octanol–water partition coefficient (Wildman–Crippen LogP) is 3.02. The number of aromatic nitrogens is 3. The van der Waals surface area contributed by atoms with E-state index in [2.05, 4.69) is 34.3 Å². The topological polar surface area (TPSA) is 59.9 Å². The normalized spacial score (nSPS) is 12.6. The average Bonchev–Trinajstić information content (AvgIpc) is 2.98. The highest BCUT2D eigenvalue weighted by Gasteiger charge is 2.11. The van der Waals surface area contributed by atoms with Gasteiger partial charge in [0.05, 0.1) is 11.5 Å². The van der Waals surface area contributed by atoms with Crippen LogP contribution in [0.1, 0.15) is 25.3 Å². The molecule has 0 saturated heterocycles. The van der Waals surface area contributed by atoms with Gasteiger partial charge in [-0.3, -0.25) is 0 Å². The molecule has 0 spiro atoms. The molecular formula is C11H16N4OS2. The number of hydrogen-bond donors (Lipinski definition) is 1. The number of anilines is 1. The summed E-state index contributed by atoms with van der Waals surface area (Å²) < 4.78 is 5.05. The van der Waals surface area contributed by atoms with Crippen molar-refractivity contribution in [1.82, 2.24) is 15.2 Å². The van der Waals surface area contributed by atoms with Crippen LogP contribution in [0.4, 0.5) is 5.13 Å². The van der Waals surface area contributed by atoms with Crippen molar-refractivity contribution in [2.45, 2.75) is 32.9 Å². The first-order valence-corrected chi connectivity index (χ1v) is 7.40. The molecule has 0 aliphatic rings. The first kappa shape index (κ1) is 13.4. The largest absolute Gasteiger partial charge is 0.378 e. The van der Waals surface area contributed by atoms with Crippen LogP contribution < -0.4 is 5.32 Å². The van der Waals surface area contributed by atoms with E-state index in [4.69, 9.17) is 4.74 Å². The zero-order valence-electron chi connectivity index (χ0n) is 10.6. The second-order valence-corrected chi connectivity index (χ2v) is 6.01. The maximum Gasteiger partial charge on any atom is 0.206 e. The standard InChI is InChI=1S/C11H16N4OS2/c1-4-7(2)13-11-15-14-10(18-11)8-5-12-9(17-8)6-16-3/h5,7H,4,6H2,1-3H3,(H,13,15). The lowest BCUT2D eigenvalue weighted by Gasteiger charge is -2.07. The minimum Gasteiger partial charge on any atom is -0.378 e. The van der Waals surface area contributed by atoms with Gasteiger partial charge in [0.2, 0.25) is 5.13 Å². The van der Waals surface area contributed by atoms with Gasteiger partial charge in [-0.2, -0.15) is 0 Å². The van der Waals surface area contributed by atoms with E-state index >= 15 is 0 Å². The van der Waals surface area contributed by atoms with Crippen molar-refractivity contribution in [3.8, 4) is 9.88 Å². The monoisotopic (exact) mass is 284 g/mol. The molecule has 2 aromatic heterocycles. The van der Waals surface area contributed by atoms with Crippen molar-refractivity contribution in [1.29, 1.82) is 0 Å². The molecule has 5 nitrogen and oxygen atoms in total. The van der Waals surface area contributed by atoms with Gasteiger partial charge in [0, 0.05) is 19.3 Å². The van der Waals surface area contributed by atoms with E-state index in [1.807, 2.05) is 6.20 Å². The van der Waals surface area contributed by atoms with Crippen LogP contribution in [0.3, 0.4) is 0 Å². The number of thiazole rings is 1. The maximum absolute atomic E-state index is 5.05. The lowest BCUT2D eigenvalue weighted by atomic mass is 10.3. The molecule has 0 aromatic carbocycles. The number of nitrogens with one attached hydrogen (secondary N) is 1. The Morgan fingerprint density at radius 1 is 1.39 bits per heavy atom. The van der Waals surface area contributed by atoms with E-state index in [1.54, 1.807) is 29.8 Å². The number of ether oxygens (including phenoxy) is 1. The van der Waals surface area contributed by atoms with E-state index in [0.717, 1.165) is 26.4 Å². The lowest BCUT2D eigenvalue weighted by Crippen LogP contribution is -2.12. The summed E-state index contributed by atoms with van der Waals surface area (Å²) in [4.78, 5) is 5.32. The molecule has 2 rings (SSSR count). The highest BCUT2D eigenvalue weighted by Crippen LogP contribution is 2.31. The molecule has 0 bridgehead atoms. The molecule has 1 unspecified atom stereocenters. The summed E-state index contributed by atoms with van der Waals surface area (Å²) in [6.45, 7) is 4.81. The van der Waals surface area contributed by atoms with Gasteiger partial charge in [0.25, 0.3) is 0 Å². The van der Waals surface area contributed by atoms with Gasteiger partial charge in [-0.25, -0.2) is 4.98 Å². The van der Waals surface area contributed by atoms with E-state index < -0.39 is 0 Å². The molecule has 2 aromatic rings. The molecule has 0 aliphatic carbocycles. The smallest absolute Gasteiger partial charge is 0.206 e. The first-order valence-electron chi connectivity index (χ1n) is 5.77. The third-order valence-electron chi connectivity index (χ3n) is 2.44. The van der Waals surface area contributed by atoms with Gasteiger partial charge in [0.15, 0.2) is 5.01 Å². The van der Waals surface area contributed by atoms with Crippen LogP contribution in [-0.4, -0.2) is 28.3 Å². The molecular weight excluding hydrogens is 268 g/mol. The third kappa shape index (κ3) is 3.24. The summed E-state index contributed by atoms with van der Waals surface area (Å²) in [5, 5.41) is 14.4. The van der Waals surface area contributed by atoms with Crippen LogP contribution in [0.2, 0.25) is 0 Å². The van der Waals surface area contributed by atoms with Crippen LogP contribution in [0.15, 0.2) is 6.20 Å². The Morgan fingerprint density at radius 2 is 2.22 bits per heavy atom. The zero-order valence-corrected chi connectivity index (χ0v) is 12.3. The van der Waals surface area contributed by atoms with Gasteiger partial charge in [0.1, 0.15) is 5.01 Å². The van der Waals surface area contributed by atoms with Gasteiger partial charge in [-0.15, -0.1) is 21.5 Å². The average molecular weight is 284 g/mol. The van der Waals surface area contributed by atoms with Gasteiger partial charge >= 0.3 is 0 Å². The summed E-state index contributed by atoms with van der Waals surface area (Å²) in [5.41, 5.74) is 0. The fourth-order valence-corrected chi connectivity index (χ4v) is 3.07. The molecule has 0 radical (unpaired) electrons. The first-order chi connectivity index (χ1) is 8.72. The second kappa shape index (κ2) is 6.21. The van der Waals surface area contributed by atoms with Crippen molar-refractivity contribution in [3.05, 3.63) is 11.2 Å². The summed E-state index contributed by atoms with van der Waals surface area (Å²) in [5.74, 6) is 0. The van der Waals surface area contributed by atoms with E-state index in [0.29, 0.717) is 12.6 Å². The molecule has 0 saturated carbocycles. The van der Waals surface area contributed by atoms with Crippen molar-refractivity contribution >= 4 is 27.8 Å². The van der Waals surface area contributed by atoms with Crippen LogP contribution >= 0.6 is 22.7 Å². The Kier molecular flexibility index (Phi) is 4.62. The van der Waals surface area contributed by atoms with Crippen molar-refractivity contribution in [2.75, 3.05) is 12.4 Å². The van der Waals surface area contributed by atoms with E-state index in [9.17, 15) is 0 Å². The highest BCUT2D eigenvalue weighted by atomic mass is 32.1. The molecule has 0 aliphatic heterocycles. The van der Waals surface area contributed by atoms with Crippen molar-refractivity contribution in [2.24, 2.45) is 0 Å². The molecule has 1 N–H and O–H groups in total. The van der Waals surface area contributed by atoms with E-state index in [1.165, 1.54) is 0 Å². The third-order valence-corrected chi connectivity index (χ3v) is 4.43. The van der Waals surface area contributed by atoms with Crippen LogP contribution in [-0.2, 0) is 11.3 Å². The number of nitrogens with zero attached hydrogens (tertiary/aromatic N) is 3. The minimum atomic E-state index is 0.413. The predicted molar refractivity (Wildman–Crippen MR) is 75.1 cm³/mol. The molecule has 2 heterocycles. The minimum absolute atomic E-state index is 0.413. The molecule has 98 valence electrons. The summed E-state index contributed by atoms with van der Waals surface area (Å²) >= 11 is 3.15. The Labute approximate surface area is 114 Å². The highest BCUT2D eigenvalue weighted by molar-refractivity contribution is 7.23.